The SMILES string of the molecule is [Mg+2].[O-]B([O-])[O-].[Rb+]. The Kier molecular flexibility index (Phi) is 27.6. The van der Waals surface area contributed by atoms with Gasteiger partial charge in [0.2, 0.25) is 0 Å². The van der Waals surface area contributed by atoms with Crippen LogP contribution >= 0.6 is 0 Å². The monoisotopic (exact) mass is 168 g/mol. The van der Waals surface area contributed by atoms with Gasteiger partial charge in [-0.3, -0.25) is 7.32 Å². The topological polar surface area (TPSA) is 69.2 Å². The minimum atomic E-state index is -2.92. The largest absolute Gasteiger partial charge is 2.00 e. The molecule has 0 aliphatic rings. The van der Waals surface area contributed by atoms with Crippen molar-refractivity contribution in [3.05, 3.63) is 0 Å². The third kappa shape index (κ3) is 31.3. The van der Waals surface area contributed by atoms with E-state index >= 15 is 0 Å². The van der Waals surface area contributed by atoms with Crippen LogP contribution in [-0.4, -0.2) is 30.4 Å². The molecule has 0 aromatic carbocycles. The van der Waals surface area contributed by atoms with Crippen molar-refractivity contribution in [3.8, 4) is 0 Å². The molecule has 0 aliphatic carbocycles. The van der Waals surface area contributed by atoms with Gasteiger partial charge in [-0.1, -0.05) is 0 Å². The summed E-state index contributed by atoms with van der Waals surface area (Å²) >= 11 is 0. The van der Waals surface area contributed by atoms with Crippen molar-refractivity contribution in [2.75, 3.05) is 0 Å². The minimum absolute atomic E-state index is 0. The normalized spacial score (nSPS) is 4.50. The third-order valence-corrected chi connectivity index (χ3v) is 0. The van der Waals surface area contributed by atoms with Crippen LogP contribution in [0.2, 0.25) is 0 Å². The van der Waals surface area contributed by atoms with Crippen LogP contribution in [0.5, 0.6) is 0 Å². The standard InChI is InChI=1S/BO3.Mg.Rb/c2-1(3)4;;/q-3;+2;+1. The van der Waals surface area contributed by atoms with Gasteiger partial charge in [0, 0.05) is 0 Å². The molecule has 0 aromatic heterocycles. The maximum atomic E-state index is 8.42. The van der Waals surface area contributed by atoms with E-state index in [2.05, 4.69) is 0 Å². The predicted molar refractivity (Wildman–Crippen MR) is 11.5 cm³/mol. The predicted octanol–water partition coefficient (Wildman–Crippen LogP) is -7.32. The molecule has 0 rings (SSSR count). The van der Waals surface area contributed by atoms with Crippen LogP contribution in [0.25, 0.3) is 0 Å². The average Bonchev–Trinajstić information content (AvgIpc) is 0.811. The molecule has 0 bridgehead atoms. The van der Waals surface area contributed by atoms with E-state index in [1.54, 1.807) is 0 Å². The second-order valence-electron chi connectivity index (χ2n) is 0.289. The van der Waals surface area contributed by atoms with Gasteiger partial charge >= 0.3 is 81.2 Å². The van der Waals surface area contributed by atoms with E-state index in [4.69, 9.17) is 15.1 Å². The first kappa shape index (κ1) is 15.8. The van der Waals surface area contributed by atoms with Crippen molar-refractivity contribution in [2.45, 2.75) is 0 Å². The molecular formula is BMgO3Rb. The van der Waals surface area contributed by atoms with E-state index in [-0.39, 0.29) is 81.2 Å². The van der Waals surface area contributed by atoms with E-state index < -0.39 is 7.32 Å². The van der Waals surface area contributed by atoms with Gasteiger partial charge in [-0.25, -0.2) is 0 Å². The molecule has 0 amide bonds. The van der Waals surface area contributed by atoms with Crippen molar-refractivity contribution in [3.63, 3.8) is 0 Å². The van der Waals surface area contributed by atoms with E-state index in [0.717, 1.165) is 0 Å². The first-order valence-corrected chi connectivity index (χ1v) is 0.707. The number of rotatable bonds is 0. The van der Waals surface area contributed by atoms with Crippen molar-refractivity contribution < 1.29 is 73.3 Å². The van der Waals surface area contributed by atoms with E-state index in [0.29, 0.717) is 0 Å². The molecule has 0 N–H and O–H groups in total. The van der Waals surface area contributed by atoms with E-state index in [1.807, 2.05) is 0 Å². The van der Waals surface area contributed by atoms with Gasteiger partial charge in [0.25, 0.3) is 0 Å². The van der Waals surface area contributed by atoms with Crippen LogP contribution in [0.15, 0.2) is 0 Å². The third-order valence-electron chi connectivity index (χ3n) is 0. The number of hydrogen-bond acceptors (Lipinski definition) is 3. The second-order valence-corrected chi connectivity index (χ2v) is 0.289. The molecule has 0 aliphatic heterocycles. The fourth-order valence-electron chi connectivity index (χ4n) is 0. The van der Waals surface area contributed by atoms with Crippen LogP contribution in [0.1, 0.15) is 0 Å². The molecular weight excluding hydrogens is 169 g/mol. The molecule has 24 valence electrons. The maximum absolute atomic E-state index is 8.42. The molecule has 0 saturated carbocycles. The quantitative estimate of drug-likeness (QED) is 0.338. The second kappa shape index (κ2) is 10.5. The fraction of sp³-hybridized carbons (Fsp3) is 0. The summed E-state index contributed by atoms with van der Waals surface area (Å²) < 4.78 is 0. The zero-order valence-corrected chi connectivity index (χ0v) is 9.84. The Morgan fingerprint density at radius 3 is 1.00 bits per heavy atom. The van der Waals surface area contributed by atoms with Crippen molar-refractivity contribution in [1.82, 2.24) is 0 Å². The zero-order chi connectivity index (χ0) is 3.58. The Morgan fingerprint density at radius 1 is 1.00 bits per heavy atom. The summed E-state index contributed by atoms with van der Waals surface area (Å²) in [6.45, 7) is 0. The summed E-state index contributed by atoms with van der Waals surface area (Å²) in [6.07, 6.45) is 0. The Morgan fingerprint density at radius 2 is 1.00 bits per heavy atom. The molecule has 6 heteroatoms. The van der Waals surface area contributed by atoms with Gasteiger partial charge in [-0.15, -0.1) is 0 Å². The molecule has 0 fully saturated rings. The minimum Gasteiger partial charge on any atom is -0.907 e. The molecule has 0 atom stereocenters. The van der Waals surface area contributed by atoms with Crippen LogP contribution in [0.4, 0.5) is 0 Å². The van der Waals surface area contributed by atoms with Gasteiger partial charge in [0.1, 0.15) is 0 Å². The Labute approximate surface area is 101 Å². The van der Waals surface area contributed by atoms with Crippen LogP contribution in [-0.2, 0) is 0 Å². The van der Waals surface area contributed by atoms with Crippen LogP contribution in [0, 0.1) is 0 Å². The molecule has 3 nitrogen and oxygen atoms in total. The first-order valence-electron chi connectivity index (χ1n) is 0.707. The van der Waals surface area contributed by atoms with Crippen molar-refractivity contribution in [2.24, 2.45) is 0 Å². The van der Waals surface area contributed by atoms with Gasteiger partial charge in [-0.2, -0.15) is 0 Å². The summed E-state index contributed by atoms with van der Waals surface area (Å²) in [7, 11) is -2.92. The summed E-state index contributed by atoms with van der Waals surface area (Å²) in [4.78, 5) is 0. The molecule has 0 spiro atoms. The number of hydrogen-bond donors (Lipinski definition) is 0. The summed E-state index contributed by atoms with van der Waals surface area (Å²) in [5, 5.41) is 25.2. The molecule has 0 radical (unpaired) electrons. The maximum Gasteiger partial charge on any atom is 2.00 e. The van der Waals surface area contributed by atoms with Crippen LogP contribution < -0.4 is 73.3 Å². The van der Waals surface area contributed by atoms with E-state index in [9.17, 15) is 0 Å². The first-order chi connectivity index (χ1) is 1.73. The summed E-state index contributed by atoms with van der Waals surface area (Å²) in [6, 6.07) is 0. The Bertz CT molecular complexity index is 15.5. The molecule has 0 saturated heterocycles. The molecule has 6 heavy (non-hydrogen) atoms. The van der Waals surface area contributed by atoms with Gasteiger partial charge in [0.15, 0.2) is 0 Å². The fourth-order valence-corrected chi connectivity index (χ4v) is 0. The van der Waals surface area contributed by atoms with Gasteiger partial charge < -0.3 is 15.1 Å². The van der Waals surface area contributed by atoms with Crippen molar-refractivity contribution in [1.29, 1.82) is 0 Å². The van der Waals surface area contributed by atoms with Crippen LogP contribution in [0.3, 0.4) is 0 Å². The summed E-state index contributed by atoms with van der Waals surface area (Å²) in [5.74, 6) is 0. The molecule has 0 unspecified atom stereocenters. The van der Waals surface area contributed by atoms with Gasteiger partial charge in [0.05, 0.1) is 0 Å². The molecule has 0 aromatic rings. The summed E-state index contributed by atoms with van der Waals surface area (Å²) in [5.41, 5.74) is 0. The Balaban J connectivity index is -0.0000000450. The smallest absolute Gasteiger partial charge is 0.907 e. The van der Waals surface area contributed by atoms with Gasteiger partial charge in [-0.05, 0) is 0 Å². The Hall–Kier alpha value is 2.52. The zero-order valence-electron chi connectivity index (χ0n) is 3.51. The van der Waals surface area contributed by atoms with E-state index in [1.165, 1.54) is 0 Å². The van der Waals surface area contributed by atoms with Crippen molar-refractivity contribution >= 4 is 30.4 Å². The molecule has 0 heterocycles. The average molecular weight is 169 g/mol.